The quantitative estimate of drug-likeness (QED) is 0.733. The molecular weight excluding hydrogens is 294 g/mol. The highest BCUT2D eigenvalue weighted by Crippen LogP contribution is 2.08. The van der Waals surface area contributed by atoms with E-state index >= 15 is 0 Å². The molecule has 2 N–H and O–H groups in total. The summed E-state index contributed by atoms with van der Waals surface area (Å²) in [4.78, 5) is 12.3. The lowest BCUT2D eigenvalue weighted by molar-refractivity contribution is 0.0940. The highest BCUT2D eigenvalue weighted by atomic mass is 16.1. The maximum atomic E-state index is 12.3. The van der Waals surface area contributed by atoms with Crippen LogP contribution in [0.15, 0.2) is 36.7 Å². The molecule has 1 atom stereocenters. The van der Waals surface area contributed by atoms with Gasteiger partial charge in [-0.3, -0.25) is 9.89 Å². The molecule has 3 aromatic rings. The molecule has 0 bridgehead atoms. The summed E-state index contributed by atoms with van der Waals surface area (Å²) in [5.41, 5.74) is 3.33. The first-order valence-corrected chi connectivity index (χ1v) is 7.27. The molecule has 1 unspecified atom stereocenters. The number of nitrogens with zero attached hydrogens (tertiary/aromatic N) is 5. The van der Waals surface area contributed by atoms with Crippen molar-refractivity contribution >= 4 is 5.91 Å². The number of hydrogen-bond acceptors (Lipinski definition) is 5. The highest BCUT2D eigenvalue weighted by Gasteiger charge is 2.12. The number of benzene rings is 1. The van der Waals surface area contributed by atoms with Crippen molar-refractivity contribution in [2.45, 2.75) is 26.3 Å². The number of aryl methyl sites for hydroxylation is 1. The van der Waals surface area contributed by atoms with Gasteiger partial charge in [-0.2, -0.15) is 5.10 Å². The van der Waals surface area contributed by atoms with Gasteiger partial charge in [-0.05, 0) is 54.6 Å². The number of amides is 1. The molecular formula is C15H17N7O. The molecule has 8 nitrogen and oxygen atoms in total. The molecule has 8 heteroatoms. The number of tetrazole rings is 1. The van der Waals surface area contributed by atoms with Crippen molar-refractivity contribution in [2.75, 3.05) is 0 Å². The molecule has 2 heterocycles. The van der Waals surface area contributed by atoms with E-state index in [9.17, 15) is 4.79 Å². The van der Waals surface area contributed by atoms with Crippen LogP contribution in [0.1, 0.15) is 28.7 Å². The van der Waals surface area contributed by atoms with Crippen molar-refractivity contribution < 1.29 is 4.79 Å². The number of hydrogen-bond donors (Lipinski definition) is 2. The topological polar surface area (TPSA) is 101 Å². The summed E-state index contributed by atoms with van der Waals surface area (Å²) >= 11 is 0. The summed E-state index contributed by atoms with van der Waals surface area (Å²) in [5, 5.41) is 21.0. The molecule has 3 rings (SSSR count). The molecule has 0 aliphatic carbocycles. The van der Waals surface area contributed by atoms with Crippen LogP contribution in [0.3, 0.4) is 0 Å². The van der Waals surface area contributed by atoms with Crippen molar-refractivity contribution in [1.29, 1.82) is 0 Å². The lowest BCUT2D eigenvalue weighted by atomic mass is 10.1. The molecule has 0 spiro atoms. The van der Waals surface area contributed by atoms with Crippen LogP contribution in [0.25, 0.3) is 5.69 Å². The zero-order chi connectivity index (χ0) is 16.2. The van der Waals surface area contributed by atoms with Gasteiger partial charge in [0, 0.05) is 23.7 Å². The van der Waals surface area contributed by atoms with E-state index in [1.54, 1.807) is 24.3 Å². The molecule has 0 fully saturated rings. The van der Waals surface area contributed by atoms with Crippen LogP contribution < -0.4 is 5.32 Å². The third-order valence-electron chi connectivity index (χ3n) is 3.39. The first kappa shape index (κ1) is 14.9. The Labute approximate surface area is 132 Å². The molecule has 2 aromatic heterocycles. The number of H-pyrrole nitrogens is 1. The Morgan fingerprint density at radius 3 is 2.74 bits per heavy atom. The summed E-state index contributed by atoms with van der Waals surface area (Å²) in [6.07, 6.45) is 2.18. The van der Waals surface area contributed by atoms with Gasteiger partial charge in [0.05, 0.1) is 11.4 Å². The Morgan fingerprint density at radius 2 is 2.13 bits per heavy atom. The van der Waals surface area contributed by atoms with Gasteiger partial charge in [-0.25, -0.2) is 4.68 Å². The fraction of sp³-hybridized carbons (Fsp3) is 0.267. The average molecular weight is 311 g/mol. The van der Waals surface area contributed by atoms with E-state index in [4.69, 9.17) is 0 Å². The Morgan fingerprint density at radius 1 is 1.35 bits per heavy atom. The molecule has 0 aliphatic rings. The van der Waals surface area contributed by atoms with Crippen LogP contribution in [0.4, 0.5) is 0 Å². The first-order chi connectivity index (χ1) is 11.1. The van der Waals surface area contributed by atoms with Gasteiger partial charge < -0.3 is 5.32 Å². The van der Waals surface area contributed by atoms with Crippen LogP contribution in [-0.2, 0) is 6.42 Å². The van der Waals surface area contributed by atoms with Crippen LogP contribution in [0.2, 0.25) is 0 Å². The molecule has 0 saturated heterocycles. The molecule has 23 heavy (non-hydrogen) atoms. The zero-order valence-electron chi connectivity index (χ0n) is 12.9. The molecule has 1 amide bonds. The minimum absolute atomic E-state index is 0.00982. The predicted octanol–water partition coefficient (Wildman–Crippen LogP) is 1.05. The lowest BCUT2D eigenvalue weighted by Crippen LogP contribution is -2.34. The van der Waals surface area contributed by atoms with Crippen LogP contribution in [-0.4, -0.2) is 42.4 Å². The second kappa shape index (κ2) is 6.39. The molecule has 0 radical (unpaired) electrons. The van der Waals surface area contributed by atoms with Gasteiger partial charge in [0.2, 0.25) is 0 Å². The fourth-order valence-electron chi connectivity index (χ4n) is 2.30. The Balaban J connectivity index is 1.61. The summed E-state index contributed by atoms with van der Waals surface area (Å²) in [6.45, 7) is 3.91. The van der Waals surface area contributed by atoms with Crippen LogP contribution >= 0.6 is 0 Å². The molecule has 1 aromatic carbocycles. The number of rotatable bonds is 5. The number of carbonyl (C=O) groups excluding carboxylic acids is 1. The van der Waals surface area contributed by atoms with Gasteiger partial charge in [0.1, 0.15) is 6.33 Å². The van der Waals surface area contributed by atoms with E-state index < -0.39 is 0 Å². The van der Waals surface area contributed by atoms with Gasteiger partial charge in [0.15, 0.2) is 0 Å². The van der Waals surface area contributed by atoms with Gasteiger partial charge >= 0.3 is 0 Å². The maximum Gasteiger partial charge on any atom is 0.251 e. The highest BCUT2D eigenvalue weighted by molar-refractivity contribution is 5.94. The molecule has 0 aliphatic heterocycles. The van der Waals surface area contributed by atoms with Crippen LogP contribution in [0, 0.1) is 6.92 Å². The number of aromatic amines is 1. The Bertz CT molecular complexity index is 777. The van der Waals surface area contributed by atoms with Gasteiger partial charge in [-0.1, -0.05) is 0 Å². The van der Waals surface area contributed by atoms with Gasteiger partial charge in [0.25, 0.3) is 5.91 Å². The SMILES string of the molecule is Cc1cc(CC(C)NC(=O)c2ccc(-n3cnnn3)cc2)n[nH]1. The Hall–Kier alpha value is -3.03. The lowest BCUT2D eigenvalue weighted by Gasteiger charge is -2.12. The zero-order valence-corrected chi connectivity index (χ0v) is 12.9. The summed E-state index contributed by atoms with van der Waals surface area (Å²) in [6, 6.07) is 9.06. The number of nitrogens with one attached hydrogen (secondary N) is 2. The largest absolute Gasteiger partial charge is 0.349 e. The van der Waals surface area contributed by atoms with Crippen molar-refractivity contribution in [3.63, 3.8) is 0 Å². The minimum Gasteiger partial charge on any atom is -0.349 e. The fourth-order valence-corrected chi connectivity index (χ4v) is 2.30. The van der Waals surface area contributed by atoms with E-state index in [0.29, 0.717) is 12.0 Å². The second-order valence-electron chi connectivity index (χ2n) is 5.42. The summed E-state index contributed by atoms with van der Waals surface area (Å²) in [7, 11) is 0. The molecule has 118 valence electrons. The number of aromatic nitrogens is 6. The van der Waals surface area contributed by atoms with E-state index in [1.807, 2.05) is 19.9 Å². The van der Waals surface area contributed by atoms with Crippen molar-refractivity contribution in [3.8, 4) is 5.69 Å². The first-order valence-electron chi connectivity index (χ1n) is 7.27. The monoisotopic (exact) mass is 311 g/mol. The standard InChI is InChI=1S/C15H17N7O/c1-10(7-13-8-11(2)18-19-13)17-15(23)12-3-5-14(6-4-12)22-9-16-20-21-22/h3-6,8-10H,7H2,1-2H3,(H,17,23)(H,18,19). The van der Waals surface area contributed by atoms with Crippen molar-refractivity contribution in [3.05, 3.63) is 53.6 Å². The molecule has 0 saturated carbocycles. The van der Waals surface area contributed by atoms with Crippen molar-refractivity contribution in [2.24, 2.45) is 0 Å². The van der Waals surface area contributed by atoms with Crippen molar-refractivity contribution in [1.82, 2.24) is 35.7 Å². The smallest absolute Gasteiger partial charge is 0.251 e. The third-order valence-corrected chi connectivity index (χ3v) is 3.39. The second-order valence-corrected chi connectivity index (χ2v) is 5.42. The Kier molecular flexibility index (Phi) is 4.13. The summed E-state index contributed by atoms with van der Waals surface area (Å²) < 4.78 is 1.53. The van der Waals surface area contributed by atoms with Crippen LogP contribution in [0.5, 0.6) is 0 Å². The minimum atomic E-state index is -0.118. The third kappa shape index (κ3) is 3.60. The van der Waals surface area contributed by atoms with E-state index in [1.165, 1.54) is 11.0 Å². The van der Waals surface area contributed by atoms with E-state index in [2.05, 4.69) is 31.0 Å². The van der Waals surface area contributed by atoms with E-state index in [0.717, 1.165) is 17.1 Å². The average Bonchev–Trinajstić information content (AvgIpc) is 3.19. The van der Waals surface area contributed by atoms with E-state index in [-0.39, 0.29) is 11.9 Å². The maximum absolute atomic E-state index is 12.3. The predicted molar refractivity (Wildman–Crippen MR) is 83.1 cm³/mol. The van der Waals surface area contributed by atoms with Gasteiger partial charge in [-0.15, -0.1) is 5.10 Å². The number of carbonyl (C=O) groups is 1. The normalized spacial score (nSPS) is 12.1. The summed E-state index contributed by atoms with van der Waals surface area (Å²) in [5.74, 6) is -0.118.